The van der Waals surface area contributed by atoms with Crippen molar-refractivity contribution in [3.63, 3.8) is 0 Å². The van der Waals surface area contributed by atoms with Crippen LogP contribution in [0.5, 0.6) is 0 Å². The van der Waals surface area contributed by atoms with Crippen molar-refractivity contribution in [2.75, 3.05) is 41.7 Å². The molecule has 0 amide bonds. The maximum atomic E-state index is 5.94. The molecule has 0 aromatic rings. The fraction of sp³-hybridized carbons (Fsp3) is 1.00. The topological polar surface area (TPSA) is 55.4 Å². The summed E-state index contributed by atoms with van der Waals surface area (Å²) in [6.07, 6.45) is 5.71. The van der Waals surface area contributed by atoms with Gasteiger partial charge in [0.15, 0.2) is 0 Å². The lowest BCUT2D eigenvalue weighted by molar-refractivity contribution is -0.126. The van der Waals surface area contributed by atoms with Gasteiger partial charge in [-0.1, -0.05) is 0 Å². The van der Waals surface area contributed by atoms with Crippen LogP contribution in [-0.4, -0.2) is 77.3 Å². The van der Waals surface area contributed by atoms with E-state index in [0.29, 0.717) is 37.3 Å². The standard InChI is InChI=1S/2C10H18O3/c2*1-7-8-4-5-10(13-7,6-11-2)9(8)12-3/h2*7-9H,4-6H2,1-3H3/t7-,8+,9?,10+;7-,8-,9?,10-/m00/s1. The van der Waals surface area contributed by atoms with E-state index >= 15 is 0 Å². The average molecular weight is 373 g/mol. The predicted octanol–water partition coefficient (Wildman–Crippen LogP) is 2.43. The third-order valence-corrected chi connectivity index (χ3v) is 6.95. The highest BCUT2D eigenvalue weighted by Crippen LogP contribution is 2.50. The quantitative estimate of drug-likeness (QED) is 0.714. The third kappa shape index (κ3) is 3.23. The van der Waals surface area contributed by atoms with Gasteiger partial charge < -0.3 is 28.4 Å². The lowest BCUT2D eigenvalue weighted by Gasteiger charge is -2.30. The monoisotopic (exact) mass is 372 g/mol. The summed E-state index contributed by atoms with van der Waals surface area (Å²) in [6.45, 7) is 5.58. The molecule has 4 aliphatic rings. The molecular formula is C20H36O6. The maximum absolute atomic E-state index is 5.94. The summed E-state index contributed by atoms with van der Waals surface area (Å²) in [5, 5.41) is 0. The highest BCUT2D eigenvalue weighted by atomic mass is 16.6. The van der Waals surface area contributed by atoms with Gasteiger partial charge in [-0.15, -0.1) is 0 Å². The summed E-state index contributed by atoms with van der Waals surface area (Å²) in [7, 11) is 6.99. The zero-order valence-corrected chi connectivity index (χ0v) is 17.2. The van der Waals surface area contributed by atoms with Crippen molar-refractivity contribution < 1.29 is 28.4 Å². The van der Waals surface area contributed by atoms with Gasteiger partial charge >= 0.3 is 0 Å². The molecule has 0 spiro atoms. The van der Waals surface area contributed by atoms with E-state index in [2.05, 4.69) is 13.8 Å². The molecule has 2 aliphatic heterocycles. The van der Waals surface area contributed by atoms with Gasteiger partial charge in [-0.3, -0.25) is 0 Å². The minimum Gasteiger partial charge on any atom is -0.382 e. The van der Waals surface area contributed by atoms with Crippen molar-refractivity contribution in [2.45, 2.75) is 75.1 Å². The third-order valence-electron chi connectivity index (χ3n) is 6.95. The molecule has 0 aromatic carbocycles. The van der Waals surface area contributed by atoms with Gasteiger partial charge in [0.2, 0.25) is 0 Å². The largest absolute Gasteiger partial charge is 0.382 e. The molecule has 152 valence electrons. The smallest absolute Gasteiger partial charge is 0.118 e. The fourth-order valence-electron chi connectivity index (χ4n) is 5.96. The molecule has 4 bridgehead atoms. The van der Waals surface area contributed by atoms with E-state index in [1.165, 1.54) is 12.8 Å². The minimum absolute atomic E-state index is 0.145. The van der Waals surface area contributed by atoms with Crippen LogP contribution in [0.25, 0.3) is 0 Å². The first-order valence-electron chi connectivity index (χ1n) is 9.86. The molecule has 4 rings (SSSR count). The zero-order valence-electron chi connectivity index (χ0n) is 17.2. The Labute approximate surface area is 157 Å². The predicted molar refractivity (Wildman–Crippen MR) is 97.4 cm³/mol. The first kappa shape index (κ1) is 20.5. The number of hydrogen-bond donors (Lipinski definition) is 0. The van der Waals surface area contributed by atoms with Crippen LogP contribution in [0.4, 0.5) is 0 Å². The van der Waals surface area contributed by atoms with Gasteiger partial charge in [0.25, 0.3) is 0 Å². The van der Waals surface area contributed by atoms with Crippen LogP contribution < -0.4 is 0 Å². The molecule has 6 heteroatoms. The van der Waals surface area contributed by atoms with Gasteiger partial charge in [0.05, 0.1) is 37.6 Å². The minimum atomic E-state index is -0.145. The van der Waals surface area contributed by atoms with Crippen molar-refractivity contribution in [2.24, 2.45) is 11.8 Å². The van der Waals surface area contributed by atoms with Crippen LogP contribution in [0.1, 0.15) is 39.5 Å². The van der Waals surface area contributed by atoms with E-state index in [1.54, 1.807) is 28.4 Å². The van der Waals surface area contributed by atoms with Crippen molar-refractivity contribution in [3.8, 4) is 0 Å². The molecule has 6 nitrogen and oxygen atoms in total. The second-order valence-corrected chi connectivity index (χ2v) is 8.36. The van der Waals surface area contributed by atoms with Crippen LogP contribution >= 0.6 is 0 Å². The fourth-order valence-corrected chi connectivity index (χ4v) is 5.96. The molecule has 2 aliphatic carbocycles. The van der Waals surface area contributed by atoms with E-state index in [9.17, 15) is 0 Å². The van der Waals surface area contributed by atoms with Gasteiger partial charge in [0, 0.05) is 40.3 Å². The van der Waals surface area contributed by atoms with Crippen molar-refractivity contribution in [3.05, 3.63) is 0 Å². The van der Waals surface area contributed by atoms with E-state index in [-0.39, 0.29) is 23.4 Å². The highest BCUT2D eigenvalue weighted by Gasteiger charge is 2.59. The SMILES string of the molecule is COC[C@@]12CC[C@H](C1OC)[C@H](C)O2.COC[C@]12CC[C@@H](C1OC)[C@H](C)O2. The second-order valence-electron chi connectivity index (χ2n) is 8.36. The molecule has 0 radical (unpaired) electrons. The summed E-state index contributed by atoms with van der Waals surface area (Å²) in [5.74, 6) is 1.14. The van der Waals surface area contributed by atoms with Crippen LogP contribution in [-0.2, 0) is 28.4 Å². The van der Waals surface area contributed by atoms with Gasteiger partial charge in [-0.05, 0) is 39.5 Å². The van der Waals surface area contributed by atoms with E-state index < -0.39 is 0 Å². The van der Waals surface area contributed by atoms with Gasteiger partial charge in [0.1, 0.15) is 11.2 Å². The Morgan fingerprint density at radius 1 is 0.731 bits per heavy atom. The Hall–Kier alpha value is -0.240. The highest BCUT2D eigenvalue weighted by molar-refractivity contribution is 5.08. The normalized spacial score (nSPS) is 48.7. The Kier molecular flexibility index (Phi) is 6.32. The molecule has 2 heterocycles. The maximum Gasteiger partial charge on any atom is 0.118 e. The average Bonchev–Trinajstić information content (AvgIpc) is 3.28. The van der Waals surface area contributed by atoms with Crippen molar-refractivity contribution in [1.29, 1.82) is 0 Å². The molecule has 26 heavy (non-hydrogen) atoms. The summed E-state index contributed by atoms with van der Waals surface area (Å²) in [5.41, 5.74) is -0.291. The van der Waals surface area contributed by atoms with Crippen LogP contribution in [0.2, 0.25) is 0 Å². The summed E-state index contributed by atoms with van der Waals surface area (Å²) in [6, 6.07) is 0. The number of rotatable bonds is 6. The first-order chi connectivity index (χ1) is 12.5. The van der Waals surface area contributed by atoms with Gasteiger partial charge in [-0.2, -0.15) is 0 Å². The lowest BCUT2D eigenvalue weighted by Crippen LogP contribution is -2.42. The summed E-state index contributed by atoms with van der Waals surface area (Å²) in [4.78, 5) is 0. The molecule has 8 atom stereocenters. The lowest BCUT2D eigenvalue weighted by atomic mass is 9.99. The second kappa shape index (κ2) is 8.02. The Morgan fingerprint density at radius 3 is 1.38 bits per heavy atom. The molecule has 2 saturated carbocycles. The van der Waals surface area contributed by atoms with Crippen LogP contribution in [0, 0.1) is 11.8 Å². The van der Waals surface area contributed by atoms with E-state index in [4.69, 9.17) is 28.4 Å². The molecule has 2 unspecified atom stereocenters. The van der Waals surface area contributed by atoms with Crippen molar-refractivity contribution in [1.82, 2.24) is 0 Å². The summed E-state index contributed by atoms with van der Waals surface area (Å²) < 4.78 is 33.4. The molecule has 0 N–H and O–H groups in total. The molecule has 4 fully saturated rings. The Bertz CT molecular complexity index is 431. The Morgan fingerprint density at radius 2 is 1.12 bits per heavy atom. The first-order valence-corrected chi connectivity index (χ1v) is 9.86. The Balaban J connectivity index is 0.000000151. The molecule has 0 aromatic heterocycles. The number of fused-ring (bicyclic) bond motifs is 4. The molecular weight excluding hydrogens is 336 g/mol. The van der Waals surface area contributed by atoms with E-state index in [1.807, 2.05) is 0 Å². The summed E-state index contributed by atoms with van der Waals surface area (Å²) >= 11 is 0. The van der Waals surface area contributed by atoms with Crippen LogP contribution in [0.15, 0.2) is 0 Å². The number of methoxy groups -OCH3 is 4. The van der Waals surface area contributed by atoms with E-state index in [0.717, 1.165) is 12.8 Å². The molecule has 2 saturated heterocycles. The number of ether oxygens (including phenoxy) is 6. The van der Waals surface area contributed by atoms with Gasteiger partial charge in [-0.25, -0.2) is 0 Å². The zero-order chi connectivity index (χ0) is 18.9. The van der Waals surface area contributed by atoms with Crippen molar-refractivity contribution >= 4 is 0 Å². The number of hydrogen-bond acceptors (Lipinski definition) is 6. The van der Waals surface area contributed by atoms with Crippen LogP contribution in [0.3, 0.4) is 0 Å².